The standard InChI is InChI=1S/C24H28N4O4S/c1-4-18-10-8-9-17(3)21(18)27-33(30,31)20-15-19(12-11-16(20)2)22-25-23(32-26-22)24(29)28-13-6-5-7-14-28/h8-12,15,27H,4-7,13-14H2,1-3H3. The molecule has 1 fully saturated rings. The molecule has 2 aromatic carbocycles. The van der Waals surface area contributed by atoms with Crippen molar-refractivity contribution in [2.24, 2.45) is 0 Å². The van der Waals surface area contributed by atoms with Crippen molar-refractivity contribution < 1.29 is 17.7 Å². The summed E-state index contributed by atoms with van der Waals surface area (Å²) < 4.78 is 34.6. The molecular formula is C24H28N4O4S. The molecule has 3 aromatic rings. The van der Waals surface area contributed by atoms with Gasteiger partial charge in [-0.15, -0.1) is 0 Å². The van der Waals surface area contributed by atoms with Gasteiger partial charge in [-0.2, -0.15) is 4.98 Å². The quantitative estimate of drug-likeness (QED) is 0.577. The molecule has 4 rings (SSSR count). The molecule has 0 unspecified atom stereocenters. The van der Waals surface area contributed by atoms with Crippen LogP contribution < -0.4 is 4.72 Å². The van der Waals surface area contributed by atoms with E-state index in [1.807, 2.05) is 32.0 Å². The van der Waals surface area contributed by atoms with E-state index in [0.717, 1.165) is 30.4 Å². The number of aromatic nitrogens is 2. The first kappa shape index (κ1) is 23.0. The zero-order valence-corrected chi connectivity index (χ0v) is 19.9. The number of likely N-dealkylation sites (tertiary alicyclic amines) is 1. The van der Waals surface area contributed by atoms with Crippen molar-refractivity contribution in [1.29, 1.82) is 0 Å². The van der Waals surface area contributed by atoms with Gasteiger partial charge in [0.05, 0.1) is 10.6 Å². The second-order valence-electron chi connectivity index (χ2n) is 8.32. The molecule has 2 heterocycles. The Balaban J connectivity index is 1.64. The molecule has 1 aromatic heterocycles. The molecule has 33 heavy (non-hydrogen) atoms. The summed E-state index contributed by atoms with van der Waals surface area (Å²) in [6.45, 7) is 6.94. The number of carbonyl (C=O) groups excluding carboxylic acids is 1. The Labute approximate surface area is 194 Å². The molecule has 0 saturated carbocycles. The number of nitrogens with zero attached hydrogens (tertiary/aromatic N) is 3. The van der Waals surface area contributed by atoms with E-state index in [0.29, 0.717) is 36.3 Å². The third-order valence-electron chi connectivity index (χ3n) is 5.96. The molecule has 0 aliphatic carbocycles. The first-order valence-corrected chi connectivity index (χ1v) is 12.6. The number of sulfonamides is 1. The number of piperidine rings is 1. The number of aryl methyl sites for hydroxylation is 3. The fraction of sp³-hybridized carbons (Fsp3) is 0.375. The minimum absolute atomic E-state index is 0.0810. The van der Waals surface area contributed by atoms with Gasteiger partial charge in [0, 0.05) is 18.7 Å². The molecular weight excluding hydrogens is 440 g/mol. The Morgan fingerprint density at radius 1 is 1.09 bits per heavy atom. The Morgan fingerprint density at radius 2 is 1.85 bits per heavy atom. The van der Waals surface area contributed by atoms with E-state index in [1.54, 1.807) is 24.0 Å². The lowest BCUT2D eigenvalue weighted by atomic mass is 10.1. The van der Waals surface area contributed by atoms with Crippen LogP contribution in [0.4, 0.5) is 5.69 Å². The summed E-state index contributed by atoms with van der Waals surface area (Å²) in [5.41, 5.74) is 3.42. The zero-order valence-electron chi connectivity index (χ0n) is 19.1. The Kier molecular flexibility index (Phi) is 6.51. The number of carbonyl (C=O) groups is 1. The lowest BCUT2D eigenvalue weighted by molar-refractivity contribution is 0.0674. The van der Waals surface area contributed by atoms with Gasteiger partial charge in [0.25, 0.3) is 10.0 Å². The number of anilines is 1. The second-order valence-corrected chi connectivity index (χ2v) is 9.98. The molecule has 0 bridgehead atoms. The van der Waals surface area contributed by atoms with Crippen LogP contribution in [0.3, 0.4) is 0 Å². The summed E-state index contributed by atoms with van der Waals surface area (Å²) in [6, 6.07) is 10.6. The molecule has 9 heteroatoms. The van der Waals surface area contributed by atoms with Gasteiger partial charge < -0.3 is 9.42 Å². The van der Waals surface area contributed by atoms with Crippen LogP contribution in [0.1, 0.15) is 53.6 Å². The average molecular weight is 469 g/mol. The lowest BCUT2D eigenvalue weighted by Crippen LogP contribution is -2.35. The molecule has 1 aliphatic heterocycles. The highest BCUT2D eigenvalue weighted by Gasteiger charge is 2.25. The average Bonchev–Trinajstić information content (AvgIpc) is 3.31. The van der Waals surface area contributed by atoms with E-state index < -0.39 is 10.0 Å². The van der Waals surface area contributed by atoms with Crippen LogP contribution in [0.15, 0.2) is 45.8 Å². The van der Waals surface area contributed by atoms with Gasteiger partial charge in [-0.05, 0) is 62.3 Å². The van der Waals surface area contributed by atoms with Crippen molar-refractivity contribution in [1.82, 2.24) is 15.0 Å². The van der Waals surface area contributed by atoms with Crippen molar-refractivity contribution >= 4 is 21.6 Å². The van der Waals surface area contributed by atoms with Crippen molar-refractivity contribution in [2.45, 2.75) is 51.3 Å². The second kappa shape index (κ2) is 9.35. The molecule has 0 radical (unpaired) electrons. The minimum Gasteiger partial charge on any atom is -0.334 e. The summed E-state index contributed by atoms with van der Waals surface area (Å²) in [4.78, 5) is 18.7. The molecule has 1 N–H and O–H groups in total. The maximum absolute atomic E-state index is 13.3. The fourth-order valence-electron chi connectivity index (χ4n) is 4.05. The molecule has 8 nitrogen and oxygen atoms in total. The first-order valence-electron chi connectivity index (χ1n) is 11.2. The largest absolute Gasteiger partial charge is 0.334 e. The minimum atomic E-state index is -3.87. The highest BCUT2D eigenvalue weighted by molar-refractivity contribution is 7.92. The monoisotopic (exact) mass is 468 g/mol. The van der Waals surface area contributed by atoms with E-state index in [2.05, 4.69) is 14.9 Å². The summed E-state index contributed by atoms with van der Waals surface area (Å²) >= 11 is 0. The number of para-hydroxylation sites is 1. The third-order valence-corrected chi connectivity index (χ3v) is 7.46. The van der Waals surface area contributed by atoms with Gasteiger partial charge >= 0.3 is 11.8 Å². The third kappa shape index (κ3) is 4.78. The van der Waals surface area contributed by atoms with E-state index in [9.17, 15) is 13.2 Å². The Bertz CT molecular complexity index is 1280. The van der Waals surface area contributed by atoms with Gasteiger partial charge in [-0.3, -0.25) is 9.52 Å². The maximum atomic E-state index is 13.3. The number of hydrogen-bond donors (Lipinski definition) is 1. The van der Waals surface area contributed by atoms with Crippen LogP contribution in [0.2, 0.25) is 0 Å². The number of hydrogen-bond acceptors (Lipinski definition) is 6. The van der Waals surface area contributed by atoms with Crippen LogP contribution in [0.25, 0.3) is 11.4 Å². The molecule has 0 atom stereocenters. The van der Waals surface area contributed by atoms with Gasteiger partial charge in [-0.25, -0.2) is 8.42 Å². The van der Waals surface area contributed by atoms with Gasteiger partial charge in [-0.1, -0.05) is 42.4 Å². The molecule has 1 aliphatic rings. The fourth-order valence-corrected chi connectivity index (χ4v) is 5.49. The number of amides is 1. The first-order chi connectivity index (χ1) is 15.8. The van der Waals surface area contributed by atoms with Crippen LogP contribution >= 0.6 is 0 Å². The van der Waals surface area contributed by atoms with Gasteiger partial charge in [0.15, 0.2) is 0 Å². The number of benzene rings is 2. The van der Waals surface area contributed by atoms with Crippen molar-refractivity contribution in [3.63, 3.8) is 0 Å². The number of nitrogens with one attached hydrogen (secondary N) is 1. The summed E-state index contributed by atoms with van der Waals surface area (Å²) in [7, 11) is -3.87. The summed E-state index contributed by atoms with van der Waals surface area (Å²) in [6.07, 6.45) is 3.73. The van der Waals surface area contributed by atoms with Gasteiger partial charge in [0.2, 0.25) is 5.82 Å². The zero-order chi connectivity index (χ0) is 23.6. The summed E-state index contributed by atoms with van der Waals surface area (Å²) in [5, 5.41) is 3.93. The summed E-state index contributed by atoms with van der Waals surface area (Å²) in [5.74, 6) is -0.193. The number of rotatable bonds is 6. The van der Waals surface area contributed by atoms with E-state index in [1.165, 1.54) is 6.07 Å². The van der Waals surface area contributed by atoms with Crippen molar-refractivity contribution in [2.75, 3.05) is 17.8 Å². The Morgan fingerprint density at radius 3 is 2.58 bits per heavy atom. The predicted octanol–water partition coefficient (Wildman–Crippen LogP) is 4.34. The topological polar surface area (TPSA) is 105 Å². The Hall–Kier alpha value is -3.20. The normalized spacial score (nSPS) is 14.3. The SMILES string of the molecule is CCc1cccc(C)c1NS(=O)(=O)c1cc(-c2noc(C(=O)N3CCCCC3)n2)ccc1C. The highest BCUT2D eigenvalue weighted by Crippen LogP contribution is 2.28. The van der Waals surface area contributed by atoms with E-state index in [4.69, 9.17) is 4.52 Å². The van der Waals surface area contributed by atoms with Crippen molar-refractivity contribution in [3.05, 3.63) is 59.0 Å². The molecule has 1 saturated heterocycles. The van der Waals surface area contributed by atoms with Gasteiger partial charge in [0.1, 0.15) is 0 Å². The van der Waals surface area contributed by atoms with Crippen LogP contribution in [0.5, 0.6) is 0 Å². The molecule has 1 amide bonds. The molecule has 174 valence electrons. The highest BCUT2D eigenvalue weighted by atomic mass is 32.2. The molecule has 0 spiro atoms. The van der Waals surface area contributed by atoms with Crippen molar-refractivity contribution in [3.8, 4) is 11.4 Å². The predicted molar refractivity (Wildman–Crippen MR) is 126 cm³/mol. The smallest absolute Gasteiger partial charge is 0.316 e. The van der Waals surface area contributed by atoms with Crippen LogP contribution in [0, 0.1) is 13.8 Å². The van der Waals surface area contributed by atoms with E-state index in [-0.39, 0.29) is 22.5 Å². The van der Waals surface area contributed by atoms with Crippen LogP contribution in [-0.4, -0.2) is 42.5 Å². The lowest BCUT2D eigenvalue weighted by Gasteiger charge is -2.24. The van der Waals surface area contributed by atoms with E-state index >= 15 is 0 Å². The maximum Gasteiger partial charge on any atom is 0.316 e. The van der Waals surface area contributed by atoms with Crippen LogP contribution in [-0.2, 0) is 16.4 Å².